The summed E-state index contributed by atoms with van der Waals surface area (Å²) in [5.41, 5.74) is -2.49. The molecular weight excluding hydrogens is 332 g/mol. The molecule has 0 fully saturated rings. The molecule has 0 aliphatic rings. The summed E-state index contributed by atoms with van der Waals surface area (Å²) < 4.78 is 0. The van der Waals surface area contributed by atoms with Crippen molar-refractivity contribution in [1.82, 2.24) is 0 Å². The van der Waals surface area contributed by atoms with E-state index in [0.717, 1.165) is 0 Å². The minimum atomic E-state index is -2.55. The summed E-state index contributed by atoms with van der Waals surface area (Å²) in [7, 11) is 0. The number of Topliss-reactive ketones (excluding diaryl/α,β-unsaturated/α-hetero) is 2. The van der Waals surface area contributed by atoms with Gasteiger partial charge in [-0.3, -0.25) is 9.59 Å². The van der Waals surface area contributed by atoms with Gasteiger partial charge in [-0.15, -0.1) is 0 Å². The van der Waals surface area contributed by atoms with Crippen molar-refractivity contribution in [2.45, 2.75) is 5.60 Å². The van der Waals surface area contributed by atoms with Crippen LogP contribution in [-0.2, 0) is 5.60 Å². The molecule has 3 aromatic carbocycles. The van der Waals surface area contributed by atoms with E-state index in [1.165, 1.54) is 60.7 Å². The van der Waals surface area contributed by atoms with Crippen molar-refractivity contribution in [3.05, 3.63) is 95.6 Å². The molecule has 3 N–H and O–H groups in total. The van der Waals surface area contributed by atoms with E-state index in [9.17, 15) is 24.9 Å². The highest BCUT2D eigenvalue weighted by Gasteiger charge is 2.46. The van der Waals surface area contributed by atoms with Crippen molar-refractivity contribution in [3.63, 3.8) is 0 Å². The van der Waals surface area contributed by atoms with Crippen LogP contribution in [0.2, 0.25) is 0 Å². The summed E-state index contributed by atoms with van der Waals surface area (Å²) in [6.45, 7) is 0. The van der Waals surface area contributed by atoms with Gasteiger partial charge in [-0.2, -0.15) is 0 Å². The Morgan fingerprint density at radius 3 is 1.81 bits per heavy atom. The molecule has 0 heterocycles. The van der Waals surface area contributed by atoms with Crippen LogP contribution in [0.5, 0.6) is 11.5 Å². The maximum absolute atomic E-state index is 13.1. The number of aromatic hydroxyl groups is 2. The van der Waals surface area contributed by atoms with E-state index in [0.29, 0.717) is 0 Å². The average Bonchev–Trinajstić information content (AvgIpc) is 2.67. The lowest BCUT2D eigenvalue weighted by Gasteiger charge is -2.26. The largest absolute Gasteiger partial charge is 0.508 e. The predicted octanol–water partition coefficient (Wildman–Crippen LogP) is 3.05. The normalized spacial score (nSPS) is 13.0. The molecule has 0 bridgehead atoms. The smallest absolute Gasteiger partial charge is 0.216 e. The lowest BCUT2D eigenvalue weighted by atomic mass is 9.80. The fourth-order valence-electron chi connectivity index (χ4n) is 2.75. The average molecular weight is 348 g/mol. The second-order valence-electron chi connectivity index (χ2n) is 5.84. The second-order valence-corrected chi connectivity index (χ2v) is 5.84. The van der Waals surface area contributed by atoms with Gasteiger partial charge in [-0.05, 0) is 24.3 Å². The fraction of sp³-hybridized carbons (Fsp3) is 0.0476. The van der Waals surface area contributed by atoms with Crippen molar-refractivity contribution in [2.24, 2.45) is 0 Å². The summed E-state index contributed by atoms with van der Waals surface area (Å²) >= 11 is 0. The van der Waals surface area contributed by atoms with Gasteiger partial charge >= 0.3 is 0 Å². The summed E-state index contributed by atoms with van der Waals surface area (Å²) in [6.07, 6.45) is 0. The van der Waals surface area contributed by atoms with Crippen LogP contribution in [0.25, 0.3) is 0 Å². The van der Waals surface area contributed by atoms with Crippen molar-refractivity contribution in [1.29, 1.82) is 0 Å². The van der Waals surface area contributed by atoms with Crippen molar-refractivity contribution >= 4 is 11.6 Å². The van der Waals surface area contributed by atoms with Gasteiger partial charge in [0.2, 0.25) is 17.2 Å². The van der Waals surface area contributed by atoms with Crippen LogP contribution in [-0.4, -0.2) is 26.9 Å². The molecule has 1 atom stereocenters. The number of aliphatic hydroxyl groups is 1. The van der Waals surface area contributed by atoms with Crippen LogP contribution in [0, 0.1) is 0 Å². The zero-order chi connectivity index (χ0) is 18.7. The van der Waals surface area contributed by atoms with E-state index >= 15 is 0 Å². The molecule has 0 saturated heterocycles. The van der Waals surface area contributed by atoms with Crippen molar-refractivity contribution < 1.29 is 24.9 Å². The molecule has 5 nitrogen and oxygen atoms in total. The monoisotopic (exact) mass is 348 g/mol. The molecule has 0 aliphatic carbocycles. The standard InChI is InChI=1S/C21H16O5/c22-17-10-4-8-15(12-17)20(25)21(26,16-9-5-11-18(23)13-16)19(24)14-6-2-1-3-7-14/h1-13,22-23,26H. The Hall–Kier alpha value is -3.44. The SMILES string of the molecule is O=C(c1ccccc1)C(O)(C(=O)c1cccc(O)c1)c1cccc(O)c1. The van der Waals surface area contributed by atoms with Gasteiger partial charge in [0.05, 0.1) is 0 Å². The first-order chi connectivity index (χ1) is 12.4. The molecule has 26 heavy (non-hydrogen) atoms. The lowest BCUT2D eigenvalue weighted by Crippen LogP contribution is -2.44. The Balaban J connectivity index is 2.19. The number of benzene rings is 3. The minimum Gasteiger partial charge on any atom is -0.508 e. The number of hydrogen-bond acceptors (Lipinski definition) is 5. The maximum Gasteiger partial charge on any atom is 0.216 e. The van der Waals surface area contributed by atoms with Crippen LogP contribution in [0.4, 0.5) is 0 Å². The zero-order valence-electron chi connectivity index (χ0n) is 13.7. The number of rotatable bonds is 5. The third-order valence-corrected chi connectivity index (χ3v) is 4.07. The Kier molecular flexibility index (Phi) is 4.56. The third kappa shape index (κ3) is 3.08. The molecule has 3 rings (SSSR count). The highest BCUT2D eigenvalue weighted by molar-refractivity contribution is 6.22. The molecule has 0 amide bonds. The van der Waals surface area contributed by atoms with E-state index in [1.54, 1.807) is 18.2 Å². The zero-order valence-corrected chi connectivity index (χ0v) is 13.7. The van der Waals surface area contributed by atoms with Gasteiger partial charge in [0.1, 0.15) is 11.5 Å². The molecule has 1 unspecified atom stereocenters. The van der Waals surface area contributed by atoms with Crippen LogP contribution >= 0.6 is 0 Å². The first-order valence-electron chi connectivity index (χ1n) is 7.88. The summed E-state index contributed by atoms with van der Waals surface area (Å²) in [6, 6.07) is 18.7. The number of carbonyl (C=O) groups excluding carboxylic acids is 2. The highest BCUT2D eigenvalue weighted by atomic mass is 16.3. The lowest BCUT2D eigenvalue weighted by molar-refractivity contribution is 0.0280. The molecule has 130 valence electrons. The van der Waals surface area contributed by atoms with Crippen molar-refractivity contribution in [3.8, 4) is 11.5 Å². The number of hydrogen-bond donors (Lipinski definition) is 3. The quantitative estimate of drug-likeness (QED) is 0.487. The molecule has 3 aromatic rings. The highest BCUT2D eigenvalue weighted by Crippen LogP contribution is 2.32. The summed E-state index contributed by atoms with van der Waals surface area (Å²) in [5, 5.41) is 30.6. The molecule has 0 saturated carbocycles. The molecule has 5 heteroatoms. The molecular formula is C21H16O5. The maximum atomic E-state index is 13.1. The van der Waals surface area contributed by atoms with Gasteiger partial charge in [-0.25, -0.2) is 0 Å². The van der Waals surface area contributed by atoms with Gasteiger partial charge in [-0.1, -0.05) is 54.6 Å². The number of phenolic OH excluding ortho intramolecular Hbond substituents is 2. The fourth-order valence-corrected chi connectivity index (χ4v) is 2.75. The molecule has 0 aromatic heterocycles. The van der Waals surface area contributed by atoms with E-state index < -0.39 is 17.2 Å². The van der Waals surface area contributed by atoms with Gasteiger partial charge in [0.25, 0.3) is 0 Å². The van der Waals surface area contributed by atoms with Crippen LogP contribution in [0.15, 0.2) is 78.9 Å². The number of ketones is 2. The topological polar surface area (TPSA) is 94.8 Å². The minimum absolute atomic E-state index is 0.0277. The van der Waals surface area contributed by atoms with E-state index in [-0.39, 0.29) is 28.2 Å². The first kappa shape index (κ1) is 17.4. The number of phenols is 2. The van der Waals surface area contributed by atoms with Gasteiger partial charge < -0.3 is 15.3 Å². The Labute approximate surface area is 149 Å². The molecule has 0 aliphatic heterocycles. The Morgan fingerprint density at radius 1 is 0.654 bits per heavy atom. The van der Waals surface area contributed by atoms with Crippen LogP contribution < -0.4 is 0 Å². The Morgan fingerprint density at radius 2 is 1.19 bits per heavy atom. The Bertz CT molecular complexity index is 965. The molecule has 0 spiro atoms. The van der Waals surface area contributed by atoms with Crippen LogP contribution in [0.3, 0.4) is 0 Å². The van der Waals surface area contributed by atoms with E-state index in [4.69, 9.17) is 0 Å². The van der Waals surface area contributed by atoms with Gasteiger partial charge in [0, 0.05) is 16.7 Å². The van der Waals surface area contributed by atoms with Crippen LogP contribution in [0.1, 0.15) is 26.3 Å². The van der Waals surface area contributed by atoms with Gasteiger partial charge in [0.15, 0.2) is 0 Å². The number of carbonyl (C=O) groups is 2. The van der Waals surface area contributed by atoms with E-state index in [1.807, 2.05) is 0 Å². The predicted molar refractivity (Wildman–Crippen MR) is 95.2 cm³/mol. The first-order valence-corrected chi connectivity index (χ1v) is 7.88. The summed E-state index contributed by atoms with van der Waals surface area (Å²) in [4.78, 5) is 26.1. The third-order valence-electron chi connectivity index (χ3n) is 4.07. The summed E-state index contributed by atoms with van der Waals surface area (Å²) in [5.74, 6) is -2.07. The van der Waals surface area contributed by atoms with E-state index in [2.05, 4.69) is 0 Å². The molecule has 0 radical (unpaired) electrons. The van der Waals surface area contributed by atoms with Crippen molar-refractivity contribution in [2.75, 3.05) is 0 Å². The second kappa shape index (κ2) is 6.82.